The quantitative estimate of drug-likeness (QED) is 0.0794. The summed E-state index contributed by atoms with van der Waals surface area (Å²) in [6.07, 6.45) is 0.531. The third kappa shape index (κ3) is 9.78. The van der Waals surface area contributed by atoms with Crippen molar-refractivity contribution >= 4 is 60.8 Å². The molecule has 1 aliphatic rings. The van der Waals surface area contributed by atoms with E-state index in [-0.39, 0.29) is 30.4 Å². The van der Waals surface area contributed by atoms with Crippen LogP contribution in [0.3, 0.4) is 0 Å². The summed E-state index contributed by atoms with van der Waals surface area (Å²) < 4.78 is 0. The van der Waals surface area contributed by atoms with Crippen molar-refractivity contribution < 1.29 is 24.0 Å². The topological polar surface area (TPSA) is 210 Å². The van der Waals surface area contributed by atoms with E-state index in [1.54, 1.807) is 0 Å². The fourth-order valence-electron chi connectivity index (χ4n) is 2.48. The summed E-state index contributed by atoms with van der Waals surface area (Å²) in [6, 6.07) is -3.13. The fraction of sp³-hybridized carbons (Fsp3) is 0.625. The number of nitrogens with two attached hydrogens (primary N) is 2. The SMILES string of the molecule is NC(N)=NCCC[C@@H]1NC(=O)[C@H](CS)NC(=O)[C@H](CS)NC(=O)CNC(=O)CNC1=O. The maximum absolute atomic E-state index is 12.6. The number of thiol groups is 2. The second kappa shape index (κ2) is 13.6. The Hall–Kier alpha value is -2.68. The van der Waals surface area contributed by atoms with Crippen LogP contribution in [0.15, 0.2) is 4.99 Å². The summed E-state index contributed by atoms with van der Waals surface area (Å²) in [7, 11) is 0. The van der Waals surface area contributed by atoms with E-state index in [2.05, 4.69) is 56.8 Å². The van der Waals surface area contributed by atoms with E-state index in [4.69, 9.17) is 11.5 Å². The summed E-state index contributed by atoms with van der Waals surface area (Å²) in [4.78, 5) is 65.2. The van der Waals surface area contributed by atoms with Gasteiger partial charge in [-0.1, -0.05) is 0 Å². The molecule has 1 saturated heterocycles. The maximum atomic E-state index is 12.6. The molecule has 1 rings (SSSR count). The van der Waals surface area contributed by atoms with Gasteiger partial charge < -0.3 is 38.1 Å². The first-order chi connectivity index (χ1) is 14.7. The zero-order chi connectivity index (χ0) is 23.4. The number of nitrogens with one attached hydrogen (secondary N) is 5. The molecule has 0 radical (unpaired) electrons. The summed E-state index contributed by atoms with van der Waals surface area (Å²) >= 11 is 8.11. The normalized spacial score (nSPS) is 23.8. The molecule has 9 N–H and O–H groups in total. The molecule has 1 heterocycles. The summed E-state index contributed by atoms with van der Waals surface area (Å²) in [6.45, 7) is -0.580. The first-order valence-electron chi connectivity index (χ1n) is 9.39. The van der Waals surface area contributed by atoms with Crippen molar-refractivity contribution in [2.75, 3.05) is 31.1 Å². The molecule has 1 aliphatic heterocycles. The Kier molecular flexibility index (Phi) is 11.6. The minimum atomic E-state index is -1.08. The van der Waals surface area contributed by atoms with Gasteiger partial charge >= 0.3 is 0 Å². The average molecular weight is 477 g/mol. The smallest absolute Gasteiger partial charge is 0.244 e. The lowest BCUT2D eigenvalue weighted by atomic mass is 10.1. The molecule has 13 nitrogen and oxygen atoms in total. The molecule has 0 aromatic rings. The van der Waals surface area contributed by atoms with E-state index < -0.39 is 60.8 Å². The Bertz CT molecular complexity index is 716. The van der Waals surface area contributed by atoms with Gasteiger partial charge in [0.25, 0.3) is 0 Å². The molecule has 0 unspecified atom stereocenters. The zero-order valence-electron chi connectivity index (χ0n) is 16.7. The van der Waals surface area contributed by atoms with Crippen molar-refractivity contribution in [3.05, 3.63) is 0 Å². The number of rotatable bonds is 6. The van der Waals surface area contributed by atoms with E-state index >= 15 is 0 Å². The molecule has 174 valence electrons. The minimum Gasteiger partial charge on any atom is -0.370 e. The van der Waals surface area contributed by atoms with Crippen molar-refractivity contribution in [2.24, 2.45) is 16.5 Å². The van der Waals surface area contributed by atoms with E-state index in [1.807, 2.05) is 0 Å². The standard InChI is InChI=1S/C16H28N8O5S2/c17-16(18)19-3-1-2-8-13(27)21-4-11(25)20-5-12(26)22-9(6-30)14(28)24-10(7-31)15(29)23-8/h8-10,30-31H,1-7H2,(H,20,25)(H,21,27)(H,22,26)(H,23,29)(H,24,28)(H4,17,18,19)/t8-,9-,10-/m0/s1. The Balaban J connectivity index is 3.02. The molecule has 31 heavy (non-hydrogen) atoms. The van der Waals surface area contributed by atoms with Crippen LogP contribution < -0.4 is 38.1 Å². The van der Waals surface area contributed by atoms with E-state index in [9.17, 15) is 24.0 Å². The molecule has 3 atom stereocenters. The molecule has 5 amide bonds. The number of nitrogens with zero attached hydrogens (tertiary/aromatic N) is 1. The second-order valence-corrected chi connectivity index (χ2v) is 7.28. The molecule has 0 aliphatic carbocycles. The first kappa shape index (κ1) is 26.4. The second-order valence-electron chi connectivity index (χ2n) is 6.55. The summed E-state index contributed by atoms with van der Waals surface area (Å²) in [5, 5.41) is 12.1. The maximum Gasteiger partial charge on any atom is 0.244 e. The van der Waals surface area contributed by atoms with Crippen LogP contribution in [0.1, 0.15) is 12.8 Å². The van der Waals surface area contributed by atoms with Crippen LogP contribution >= 0.6 is 25.3 Å². The third-order valence-corrected chi connectivity index (χ3v) is 4.83. The lowest BCUT2D eigenvalue weighted by Gasteiger charge is -2.23. The van der Waals surface area contributed by atoms with Crippen molar-refractivity contribution in [1.29, 1.82) is 0 Å². The first-order valence-corrected chi connectivity index (χ1v) is 10.7. The number of aliphatic imine (C=N–C) groups is 1. The molecule has 0 saturated carbocycles. The molecule has 15 heteroatoms. The summed E-state index contributed by atoms with van der Waals surface area (Å²) in [5.74, 6) is -3.40. The highest BCUT2D eigenvalue weighted by atomic mass is 32.1. The van der Waals surface area contributed by atoms with Crippen molar-refractivity contribution in [1.82, 2.24) is 26.6 Å². The van der Waals surface area contributed by atoms with Crippen LogP contribution in [-0.2, 0) is 24.0 Å². The van der Waals surface area contributed by atoms with Gasteiger partial charge in [0, 0.05) is 18.1 Å². The molecule has 0 aromatic carbocycles. The predicted octanol–water partition coefficient (Wildman–Crippen LogP) is -4.40. The third-order valence-electron chi connectivity index (χ3n) is 4.10. The summed E-state index contributed by atoms with van der Waals surface area (Å²) in [5.41, 5.74) is 10.5. The van der Waals surface area contributed by atoms with Crippen molar-refractivity contribution in [2.45, 2.75) is 31.0 Å². The van der Waals surface area contributed by atoms with Crippen LogP contribution in [0.5, 0.6) is 0 Å². The lowest BCUT2D eigenvalue weighted by Crippen LogP contribution is -2.57. The van der Waals surface area contributed by atoms with Gasteiger partial charge in [0.1, 0.15) is 18.1 Å². The van der Waals surface area contributed by atoms with Crippen LogP contribution in [0.25, 0.3) is 0 Å². The van der Waals surface area contributed by atoms with Gasteiger partial charge in [0.2, 0.25) is 29.5 Å². The predicted molar refractivity (Wildman–Crippen MR) is 119 cm³/mol. The Morgan fingerprint density at radius 3 is 1.94 bits per heavy atom. The highest BCUT2D eigenvalue weighted by Crippen LogP contribution is 2.02. The van der Waals surface area contributed by atoms with Gasteiger partial charge in [0.15, 0.2) is 5.96 Å². The van der Waals surface area contributed by atoms with Gasteiger partial charge in [0.05, 0.1) is 13.1 Å². The van der Waals surface area contributed by atoms with E-state index in [1.165, 1.54) is 0 Å². The number of hydrogen-bond donors (Lipinski definition) is 9. The fourth-order valence-corrected chi connectivity index (χ4v) is 3.00. The number of hydrogen-bond acceptors (Lipinski definition) is 8. The van der Waals surface area contributed by atoms with Gasteiger partial charge in [-0.15, -0.1) is 0 Å². The number of guanidine groups is 1. The molecule has 0 bridgehead atoms. The number of carbonyl (C=O) groups excluding carboxylic acids is 5. The Labute approximate surface area is 190 Å². The van der Waals surface area contributed by atoms with Gasteiger partial charge in [-0.05, 0) is 12.8 Å². The largest absolute Gasteiger partial charge is 0.370 e. The van der Waals surface area contributed by atoms with Crippen LogP contribution in [0.4, 0.5) is 0 Å². The Morgan fingerprint density at radius 2 is 1.35 bits per heavy atom. The van der Waals surface area contributed by atoms with Crippen LogP contribution in [-0.4, -0.2) is 84.8 Å². The van der Waals surface area contributed by atoms with Crippen LogP contribution in [0, 0.1) is 0 Å². The van der Waals surface area contributed by atoms with Gasteiger partial charge in [-0.2, -0.15) is 25.3 Å². The Morgan fingerprint density at radius 1 is 0.806 bits per heavy atom. The monoisotopic (exact) mass is 476 g/mol. The number of amides is 5. The lowest BCUT2D eigenvalue weighted by molar-refractivity contribution is -0.133. The molecular weight excluding hydrogens is 448 g/mol. The van der Waals surface area contributed by atoms with E-state index in [0.29, 0.717) is 6.42 Å². The van der Waals surface area contributed by atoms with Crippen molar-refractivity contribution in [3.8, 4) is 0 Å². The average Bonchev–Trinajstić information content (AvgIpc) is 2.73. The molecular formula is C16H28N8O5S2. The van der Waals surface area contributed by atoms with Crippen LogP contribution in [0.2, 0.25) is 0 Å². The highest BCUT2D eigenvalue weighted by Gasteiger charge is 2.29. The molecule has 1 fully saturated rings. The van der Waals surface area contributed by atoms with Gasteiger partial charge in [-0.25, -0.2) is 0 Å². The van der Waals surface area contributed by atoms with Crippen molar-refractivity contribution in [3.63, 3.8) is 0 Å². The van der Waals surface area contributed by atoms with E-state index in [0.717, 1.165) is 0 Å². The molecule has 0 aromatic heterocycles. The van der Waals surface area contributed by atoms with Gasteiger partial charge in [-0.3, -0.25) is 29.0 Å². The minimum absolute atomic E-state index is 0.0418. The number of carbonyl (C=O) groups is 5. The highest BCUT2D eigenvalue weighted by molar-refractivity contribution is 7.80. The molecule has 0 spiro atoms. The zero-order valence-corrected chi connectivity index (χ0v) is 18.5.